The Morgan fingerprint density at radius 1 is 0.955 bits per heavy atom. The Morgan fingerprint density at radius 3 is 2.32 bits per heavy atom. The molecule has 2 saturated heterocycles. The lowest BCUT2D eigenvalue weighted by Gasteiger charge is -2.33. The second-order valence-electron chi connectivity index (χ2n) is 6.26. The van der Waals surface area contributed by atoms with Crippen molar-refractivity contribution in [3.8, 4) is 0 Å². The van der Waals surface area contributed by atoms with Gasteiger partial charge in [0.1, 0.15) is 12.0 Å². The second kappa shape index (κ2) is 7.11. The van der Waals surface area contributed by atoms with Gasteiger partial charge in [-0.05, 0) is 19.9 Å². The molecule has 0 amide bonds. The summed E-state index contributed by atoms with van der Waals surface area (Å²) in [7, 11) is 2.15. The van der Waals surface area contributed by atoms with Crippen LogP contribution in [0.25, 0.3) is 0 Å². The number of nitrogens with zero attached hydrogens (tertiary/aromatic N) is 5. The van der Waals surface area contributed by atoms with Crippen molar-refractivity contribution in [3.63, 3.8) is 0 Å². The van der Waals surface area contributed by atoms with E-state index in [0.29, 0.717) is 5.69 Å². The summed E-state index contributed by atoms with van der Waals surface area (Å²) >= 11 is 0. The number of hydrogen-bond acceptors (Lipinski definition) is 7. The van der Waals surface area contributed by atoms with Crippen LogP contribution < -0.4 is 16.1 Å². The van der Waals surface area contributed by atoms with Gasteiger partial charge in [-0.1, -0.05) is 12.8 Å². The Hall–Kier alpha value is -1.60. The summed E-state index contributed by atoms with van der Waals surface area (Å²) in [6.45, 7) is 6.12. The Kier molecular flexibility index (Phi) is 4.94. The lowest BCUT2D eigenvalue weighted by Crippen LogP contribution is -2.47. The normalized spacial score (nSPS) is 21.6. The summed E-state index contributed by atoms with van der Waals surface area (Å²) in [5.74, 6) is 1.62. The molecule has 3 heterocycles. The molecule has 122 valence electrons. The molecule has 0 aliphatic carbocycles. The number of rotatable bonds is 3. The van der Waals surface area contributed by atoms with Crippen LogP contribution in [0.5, 0.6) is 0 Å². The standard InChI is InChI=1S/C15H27N7/c1-20-8-10-22(11-9-20)19-14-13(16)15(18-12-17-14)21-6-4-2-3-5-7-21/h12H,2-11,16H2,1H3,(H,17,18,19). The Morgan fingerprint density at radius 2 is 1.64 bits per heavy atom. The molecule has 0 unspecified atom stereocenters. The molecule has 7 heteroatoms. The SMILES string of the molecule is CN1CCN(Nc2ncnc(N3CCCCCC3)c2N)CC1. The Bertz CT molecular complexity index is 477. The molecule has 3 rings (SSSR count). The maximum Gasteiger partial charge on any atom is 0.169 e. The van der Waals surface area contributed by atoms with Gasteiger partial charge in [-0.15, -0.1) is 0 Å². The number of hydrazine groups is 1. The van der Waals surface area contributed by atoms with E-state index in [2.05, 4.69) is 37.3 Å². The van der Waals surface area contributed by atoms with Gasteiger partial charge in [0, 0.05) is 39.3 Å². The van der Waals surface area contributed by atoms with E-state index < -0.39 is 0 Å². The van der Waals surface area contributed by atoms with Crippen LogP contribution in [0.2, 0.25) is 0 Å². The molecule has 22 heavy (non-hydrogen) atoms. The molecule has 2 fully saturated rings. The van der Waals surface area contributed by atoms with Crippen LogP contribution in [0.4, 0.5) is 17.3 Å². The van der Waals surface area contributed by atoms with Crippen LogP contribution in [0.15, 0.2) is 6.33 Å². The fourth-order valence-electron chi connectivity index (χ4n) is 3.08. The molecule has 3 N–H and O–H groups in total. The largest absolute Gasteiger partial charge is 0.393 e. The summed E-state index contributed by atoms with van der Waals surface area (Å²) in [6.07, 6.45) is 6.64. The molecule has 0 spiro atoms. The van der Waals surface area contributed by atoms with Crippen molar-refractivity contribution in [1.29, 1.82) is 0 Å². The fraction of sp³-hybridized carbons (Fsp3) is 0.733. The minimum atomic E-state index is 0.670. The quantitative estimate of drug-likeness (QED) is 0.863. The van der Waals surface area contributed by atoms with Crippen LogP contribution in [-0.4, -0.2) is 66.2 Å². The molecule has 0 aromatic carbocycles. The predicted octanol–water partition coefficient (Wildman–Crippen LogP) is 1.01. The van der Waals surface area contributed by atoms with Gasteiger partial charge in [0.15, 0.2) is 11.6 Å². The van der Waals surface area contributed by atoms with Crippen molar-refractivity contribution in [1.82, 2.24) is 19.9 Å². The molecule has 1 aromatic heterocycles. The van der Waals surface area contributed by atoms with E-state index in [-0.39, 0.29) is 0 Å². The first-order valence-electron chi connectivity index (χ1n) is 8.29. The number of hydrogen-bond donors (Lipinski definition) is 2. The number of anilines is 3. The topological polar surface area (TPSA) is 73.5 Å². The average Bonchev–Trinajstić information content (AvgIpc) is 2.81. The summed E-state index contributed by atoms with van der Waals surface area (Å²) < 4.78 is 0. The Balaban J connectivity index is 1.71. The highest BCUT2D eigenvalue weighted by Crippen LogP contribution is 2.28. The van der Waals surface area contributed by atoms with Gasteiger partial charge >= 0.3 is 0 Å². The molecular formula is C15H27N7. The fourth-order valence-corrected chi connectivity index (χ4v) is 3.08. The Labute approximate surface area is 132 Å². The second-order valence-corrected chi connectivity index (χ2v) is 6.26. The van der Waals surface area contributed by atoms with Crippen LogP contribution in [0.1, 0.15) is 25.7 Å². The van der Waals surface area contributed by atoms with Crippen molar-refractivity contribution in [2.24, 2.45) is 0 Å². The number of piperazine rings is 1. The van der Waals surface area contributed by atoms with E-state index in [1.807, 2.05) is 0 Å². The average molecular weight is 305 g/mol. The molecule has 1 aromatic rings. The van der Waals surface area contributed by atoms with Crippen molar-refractivity contribution >= 4 is 17.3 Å². The molecule has 0 radical (unpaired) electrons. The third kappa shape index (κ3) is 3.59. The predicted molar refractivity (Wildman–Crippen MR) is 89.8 cm³/mol. The number of nitrogens with two attached hydrogens (primary N) is 1. The summed E-state index contributed by atoms with van der Waals surface area (Å²) in [5.41, 5.74) is 10.4. The van der Waals surface area contributed by atoms with Gasteiger partial charge < -0.3 is 21.0 Å². The molecular weight excluding hydrogens is 278 g/mol. The van der Waals surface area contributed by atoms with Gasteiger partial charge in [0.05, 0.1) is 0 Å². The maximum absolute atomic E-state index is 6.34. The number of nitrogens with one attached hydrogen (secondary N) is 1. The van der Waals surface area contributed by atoms with E-state index in [9.17, 15) is 0 Å². The first kappa shape index (κ1) is 15.3. The zero-order valence-electron chi connectivity index (χ0n) is 13.5. The van der Waals surface area contributed by atoms with E-state index in [0.717, 1.165) is 50.9 Å². The van der Waals surface area contributed by atoms with Crippen LogP contribution in [-0.2, 0) is 0 Å². The van der Waals surface area contributed by atoms with E-state index in [1.54, 1.807) is 6.33 Å². The van der Waals surface area contributed by atoms with E-state index in [1.165, 1.54) is 25.7 Å². The van der Waals surface area contributed by atoms with Crippen molar-refractivity contribution in [3.05, 3.63) is 6.33 Å². The first-order valence-corrected chi connectivity index (χ1v) is 8.29. The van der Waals surface area contributed by atoms with Gasteiger partial charge in [0.25, 0.3) is 0 Å². The third-order valence-corrected chi connectivity index (χ3v) is 4.54. The molecule has 2 aliphatic rings. The van der Waals surface area contributed by atoms with Gasteiger partial charge in [0.2, 0.25) is 0 Å². The molecule has 0 bridgehead atoms. The highest BCUT2D eigenvalue weighted by atomic mass is 15.5. The van der Waals surface area contributed by atoms with E-state index >= 15 is 0 Å². The van der Waals surface area contributed by atoms with E-state index in [4.69, 9.17) is 5.73 Å². The first-order chi connectivity index (χ1) is 10.7. The summed E-state index contributed by atoms with van der Waals surface area (Å²) in [4.78, 5) is 13.4. The van der Waals surface area contributed by atoms with Crippen molar-refractivity contribution in [2.75, 3.05) is 62.4 Å². The van der Waals surface area contributed by atoms with Crippen LogP contribution >= 0.6 is 0 Å². The number of aromatic nitrogens is 2. The molecule has 7 nitrogen and oxygen atoms in total. The highest BCUT2D eigenvalue weighted by molar-refractivity contribution is 5.74. The van der Waals surface area contributed by atoms with Gasteiger partial charge in [-0.25, -0.2) is 15.0 Å². The summed E-state index contributed by atoms with van der Waals surface area (Å²) in [6, 6.07) is 0. The lowest BCUT2D eigenvalue weighted by atomic mass is 10.2. The number of likely N-dealkylation sites (N-methyl/N-ethyl adjacent to an activating group) is 1. The highest BCUT2D eigenvalue weighted by Gasteiger charge is 2.19. The molecule has 0 saturated carbocycles. The molecule has 0 atom stereocenters. The lowest BCUT2D eigenvalue weighted by molar-refractivity contribution is 0.178. The zero-order chi connectivity index (χ0) is 15.4. The van der Waals surface area contributed by atoms with Crippen molar-refractivity contribution < 1.29 is 0 Å². The van der Waals surface area contributed by atoms with Gasteiger partial charge in [-0.3, -0.25) is 0 Å². The number of nitrogen functional groups attached to an aromatic ring is 1. The minimum absolute atomic E-state index is 0.670. The zero-order valence-corrected chi connectivity index (χ0v) is 13.5. The minimum Gasteiger partial charge on any atom is -0.393 e. The van der Waals surface area contributed by atoms with Crippen LogP contribution in [0, 0.1) is 0 Å². The maximum atomic E-state index is 6.34. The third-order valence-electron chi connectivity index (χ3n) is 4.54. The van der Waals surface area contributed by atoms with Gasteiger partial charge in [-0.2, -0.15) is 0 Å². The molecule has 2 aliphatic heterocycles. The smallest absolute Gasteiger partial charge is 0.169 e. The summed E-state index contributed by atoms with van der Waals surface area (Å²) in [5, 5.41) is 2.19. The van der Waals surface area contributed by atoms with Crippen LogP contribution in [0.3, 0.4) is 0 Å². The monoisotopic (exact) mass is 305 g/mol. The van der Waals surface area contributed by atoms with Crippen molar-refractivity contribution in [2.45, 2.75) is 25.7 Å².